The lowest BCUT2D eigenvalue weighted by Crippen LogP contribution is -2.56. The Morgan fingerprint density at radius 2 is 1.94 bits per heavy atom. The molecule has 0 unspecified atom stereocenters. The van der Waals surface area contributed by atoms with Crippen LogP contribution >= 0.6 is 0 Å². The molecule has 3 rings (SSSR count). The van der Waals surface area contributed by atoms with Crippen molar-refractivity contribution in [2.24, 2.45) is 17.3 Å². The normalized spacial score (nSPS) is 32.3. The van der Waals surface area contributed by atoms with Crippen LogP contribution in [0.25, 0.3) is 0 Å². The van der Waals surface area contributed by atoms with Gasteiger partial charge in [-0.25, -0.2) is 4.79 Å². The Morgan fingerprint density at radius 3 is 2.44 bits per heavy atom. The molecule has 2 saturated heterocycles. The van der Waals surface area contributed by atoms with Crippen molar-refractivity contribution in [1.82, 2.24) is 5.06 Å². The van der Waals surface area contributed by atoms with Gasteiger partial charge in [0.2, 0.25) is 0 Å². The van der Waals surface area contributed by atoms with Crippen molar-refractivity contribution >= 4 is 11.9 Å². The van der Waals surface area contributed by atoms with Gasteiger partial charge < -0.3 is 9.94 Å². The molecule has 0 radical (unpaired) electrons. The third-order valence-corrected chi connectivity index (χ3v) is 3.86. The number of aliphatic carboxylic acids is 1. The highest BCUT2D eigenvalue weighted by Gasteiger charge is 2.46. The van der Waals surface area contributed by atoms with Gasteiger partial charge in [-0.05, 0) is 46.0 Å². The lowest BCUT2D eigenvalue weighted by Gasteiger charge is -2.47. The summed E-state index contributed by atoms with van der Waals surface area (Å²) in [5, 5.41) is 10.8. The molecule has 1 saturated carbocycles. The van der Waals surface area contributed by atoms with Crippen LogP contribution < -0.4 is 0 Å². The third kappa shape index (κ3) is 2.51. The molecule has 0 aromatic rings. The summed E-state index contributed by atoms with van der Waals surface area (Å²) in [6.45, 7) is 6.07. The summed E-state index contributed by atoms with van der Waals surface area (Å²) >= 11 is 0. The highest BCUT2D eigenvalue weighted by molar-refractivity contribution is 5.75. The van der Waals surface area contributed by atoms with E-state index >= 15 is 0 Å². The number of hydrogen-bond donors (Lipinski definition) is 1. The molecule has 1 aliphatic carbocycles. The molecule has 3 atom stereocenters. The van der Waals surface area contributed by atoms with Crippen LogP contribution in [0.5, 0.6) is 0 Å². The number of carbonyl (C=O) groups excluding carboxylic acids is 1. The van der Waals surface area contributed by atoms with Gasteiger partial charge in [0, 0.05) is 6.54 Å². The number of piperidine rings is 2. The minimum Gasteiger partial charge on any atom is -0.481 e. The third-order valence-electron chi connectivity index (χ3n) is 3.86. The van der Waals surface area contributed by atoms with Crippen molar-refractivity contribution in [3.63, 3.8) is 0 Å². The van der Waals surface area contributed by atoms with E-state index < -0.39 is 17.3 Å². The Hall–Kier alpha value is -1.10. The first kappa shape index (κ1) is 13.3. The monoisotopic (exact) mass is 255 g/mol. The number of carboxylic acid groups (broad SMARTS) is 1. The van der Waals surface area contributed by atoms with Crippen molar-refractivity contribution in [1.29, 1.82) is 0 Å². The second-order valence-electron chi connectivity index (χ2n) is 6.42. The molecule has 0 amide bonds. The molecule has 0 aromatic heterocycles. The van der Waals surface area contributed by atoms with Crippen molar-refractivity contribution in [3.05, 3.63) is 0 Å². The van der Waals surface area contributed by atoms with Crippen molar-refractivity contribution in [3.8, 4) is 0 Å². The Bertz CT molecular complexity index is 360. The minimum atomic E-state index is -0.777. The quantitative estimate of drug-likeness (QED) is 0.813. The molecule has 5 heteroatoms. The van der Waals surface area contributed by atoms with Crippen LogP contribution in [0.3, 0.4) is 0 Å². The molecular weight excluding hydrogens is 234 g/mol. The molecule has 5 nitrogen and oxygen atoms in total. The van der Waals surface area contributed by atoms with Gasteiger partial charge in [0.05, 0.1) is 17.4 Å². The summed E-state index contributed by atoms with van der Waals surface area (Å²) < 4.78 is 0. The smallest absolute Gasteiger partial charge is 0.330 e. The van der Waals surface area contributed by atoms with E-state index in [1.807, 2.05) is 0 Å². The maximum atomic E-state index is 11.9. The average molecular weight is 255 g/mol. The Labute approximate surface area is 107 Å². The van der Waals surface area contributed by atoms with E-state index in [9.17, 15) is 14.7 Å². The van der Waals surface area contributed by atoms with E-state index in [-0.39, 0.29) is 12.0 Å². The second-order valence-corrected chi connectivity index (χ2v) is 6.42. The van der Waals surface area contributed by atoms with E-state index in [4.69, 9.17) is 4.84 Å². The molecule has 102 valence electrons. The maximum absolute atomic E-state index is 11.9. The van der Waals surface area contributed by atoms with Gasteiger partial charge >= 0.3 is 11.9 Å². The molecule has 2 bridgehead atoms. The zero-order valence-corrected chi connectivity index (χ0v) is 11.2. The average Bonchev–Trinajstić information content (AvgIpc) is 2.28. The first-order valence-corrected chi connectivity index (χ1v) is 6.51. The summed E-state index contributed by atoms with van der Waals surface area (Å²) in [7, 11) is 0. The minimum absolute atomic E-state index is 0.154. The molecule has 1 N–H and O–H groups in total. The molecular formula is C13H21NO4. The second kappa shape index (κ2) is 4.53. The molecule has 2 heterocycles. The largest absolute Gasteiger partial charge is 0.481 e. The first-order valence-electron chi connectivity index (χ1n) is 6.51. The fourth-order valence-corrected chi connectivity index (χ4v) is 2.76. The zero-order chi connectivity index (χ0) is 13.5. The van der Waals surface area contributed by atoms with Gasteiger partial charge in [-0.15, -0.1) is 5.06 Å². The summed E-state index contributed by atoms with van der Waals surface area (Å²) in [6, 6.07) is -0.154. The van der Waals surface area contributed by atoms with Crippen LogP contribution in [-0.2, 0) is 14.4 Å². The first-order chi connectivity index (χ1) is 8.29. The van der Waals surface area contributed by atoms with Crippen LogP contribution in [0.2, 0.25) is 0 Å². The van der Waals surface area contributed by atoms with Gasteiger partial charge in [0.15, 0.2) is 0 Å². The molecule has 0 aromatic carbocycles. The topological polar surface area (TPSA) is 66.8 Å². The van der Waals surface area contributed by atoms with E-state index in [0.29, 0.717) is 18.9 Å². The Kier molecular flexibility index (Phi) is 3.36. The molecule has 3 aliphatic rings. The van der Waals surface area contributed by atoms with Crippen LogP contribution in [0.4, 0.5) is 0 Å². The Balaban J connectivity index is 2.06. The van der Waals surface area contributed by atoms with Crippen molar-refractivity contribution in [2.45, 2.75) is 46.1 Å². The van der Waals surface area contributed by atoms with Crippen LogP contribution in [0.15, 0.2) is 0 Å². The van der Waals surface area contributed by atoms with Crippen LogP contribution in [0.1, 0.15) is 40.0 Å². The fourth-order valence-electron chi connectivity index (χ4n) is 2.76. The van der Waals surface area contributed by atoms with Gasteiger partial charge in [-0.3, -0.25) is 4.79 Å². The summed E-state index contributed by atoms with van der Waals surface area (Å²) in [6.07, 6.45) is 2.56. The van der Waals surface area contributed by atoms with Gasteiger partial charge in [0.1, 0.15) is 0 Å². The van der Waals surface area contributed by atoms with Crippen molar-refractivity contribution in [2.75, 3.05) is 6.54 Å². The van der Waals surface area contributed by atoms with Gasteiger partial charge in [0.25, 0.3) is 0 Å². The van der Waals surface area contributed by atoms with Gasteiger partial charge in [-0.1, -0.05) is 0 Å². The SMILES string of the molecule is CC(C)(C)C(=O)ON1C[C@H]2CC[C@H]1[C@H](C(=O)O)C2. The zero-order valence-electron chi connectivity index (χ0n) is 11.2. The highest BCUT2D eigenvalue weighted by Crippen LogP contribution is 2.39. The number of hydrogen-bond acceptors (Lipinski definition) is 4. The van der Waals surface area contributed by atoms with Gasteiger partial charge in [-0.2, -0.15) is 0 Å². The molecule has 3 fully saturated rings. The highest BCUT2D eigenvalue weighted by atomic mass is 16.7. The van der Waals surface area contributed by atoms with Crippen molar-refractivity contribution < 1.29 is 19.5 Å². The summed E-state index contributed by atoms with van der Waals surface area (Å²) in [4.78, 5) is 28.5. The van der Waals surface area contributed by atoms with E-state index in [0.717, 1.165) is 12.8 Å². The lowest BCUT2D eigenvalue weighted by atomic mass is 9.74. The summed E-state index contributed by atoms with van der Waals surface area (Å²) in [5.74, 6) is -1.13. The molecule has 18 heavy (non-hydrogen) atoms. The van der Waals surface area contributed by atoms with E-state index in [1.165, 1.54) is 0 Å². The molecule has 0 spiro atoms. The van der Waals surface area contributed by atoms with Crippen LogP contribution in [0, 0.1) is 17.3 Å². The predicted molar refractivity (Wildman–Crippen MR) is 64.5 cm³/mol. The standard InChI is InChI=1S/C13H21NO4/c1-13(2,3)12(17)18-14-7-8-4-5-10(14)9(6-8)11(15)16/h8-10H,4-7H2,1-3H3,(H,15,16)/t8-,9+,10-/m0/s1. The number of hydroxylamine groups is 2. The van der Waals surface area contributed by atoms with E-state index in [2.05, 4.69) is 0 Å². The number of rotatable bonds is 2. The molecule has 2 aliphatic heterocycles. The number of fused-ring (bicyclic) bond motifs is 3. The summed E-state index contributed by atoms with van der Waals surface area (Å²) in [5.41, 5.74) is -0.560. The number of nitrogens with zero attached hydrogens (tertiary/aromatic N) is 1. The van der Waals surface area contributed by atoms with Crippen LogP contribution in [-0.4, -0.2) is 34.7 Å². The number of carbonyl (C=O) groups is 2. The lowest BCUT2D eigenvalue weighted by molar-refractivity contribution is -0.241. The van der Waals surface area contributed by atoms with E-state index in [1.54, 1.807) is 25.8 Å². The number of carboxylic acids is 1. The Morgan fingerprint density at radius 1 is 1.28 bits per heavy atom. The maximum Gasteiger partial charge on any atom is 0.330 e. The fraction of sp³-hybridized carbons (Fsp3) is 0.846. The predicted octanol–water partition coefficient (Wildman–Crippen LogP) is 1.68.